The summed E-state index contributed by atoms with van der Waals surface area (Å²) in [5.74, 6) is -0.127. The van der Waals surface area contributed by atoms with E-state index in [0.29, 0.717) is 6.42 Å². The highest BCUT2D eigenvalue weighted by Gasteiger charge is 2.23. The summed E-state index contributed by atoms with van der Waals surface area (Å²) in [6.07, 6.45) is 1.19. The van der Waals surface area contributed by atoms with Crippen molar-refractivity contribution in [2.24, 2.45) is 11.3 Å². The molecule has 0 aromatic rings. The molecule has 1 atom stereocenters. The van der Waals surface area contributed by atoms with Crippen molar-refractivity contribution in [2.75, 3.05) is 0 Å². The van der Waals surface area contributed by atoms with Crippen LogP contribution >= 0.6 is 0 Å². The van der Waals surface area contributed by atoms with Crippen LogP contribution in [0.25, 0.3) is 0 Å². The van der Waals surface area contributed by atoms with Gasteiger partial charge in [-0.25, -0.2) is 0 Å². The zero-order chi connectivity index (χ0) is 8.20. The number of rotatable bonds is 2. The molecule has 0 amide bonds. The minimum absolute atomic E-state index is 0.0719. The van der Waals surface area contributed by atoms with Crippen LogP contribution in [0.4, 0.5) is 0 Å². The van der Waals surface area contributed by atoms with Crippen molar-refractivity contribution >= 4 is 6.29 Å². The highest BCUT2D eigenvalue weighted by molar-refractivity contribution is 5.55. The van der Waals surface area contributed by atoms with Crippen LogP contribution in [0.15, 0.2) is 0 Å². The Morgan fingerprint density at radius 3 is 2.20 bits per heavy atom. The first-order valence-electron chi connectivity index (χ1n) is 3.34. The number of carbonyl (C=O) groups excluding carboxylic acids is 1. The lowest BCUT2D eigenvalue weighted by molar-refractivity contribution is -0.113. The average molecular weight is 139 g/mol. The van der Waals surface area contributed by atoms with Crippen molar-refractivity contribution in [2.45, 2.75) is 27.2 Å². The zero-order valence-electron chi connectivity index (χ0n) is 6.72. The Hall–Kier alpha value is -0.840. The Labute approximate surface area is 61.8 Å². The van der Waals surface area contributed by atoms with Gasteiger partial charge in [-0.05, 0) is 5.41 Å². The molecule has 0 heterocycles. The van der Waals surface area contributed by atoms with E-state index in [1.54, 1.807) is 0 Å². The molecule has 56 valence electrons. The number of aldehydes is 1. The molecule has 0 rings (SSSR count). The molecule has 0 bridgehead atoms. The van der Waals surface area contributed by atoms with Gasteiger partial charge in [0.15, 0.2) is 0 Å². The molecule has 0 fully saturated rings. The summed E-state index contributed by atoms with van der Waals surface area (Å²) >= 11 is 0. The second-order valence-corrected chi connectivity index (χ2v) is 3.47. The number of nitrogens with zero attached hydrogens (tertiary/aromatic N) is 1. The summed E-state index contributed by atoms with van der Waals surface area (Å²) < 4.78 is 0. The Morgan fingerprint density at radius 1 is 1.60 bits per heavy atom. The smallest absolute Gasteiger partial charge is 0.124 e. The minimum Gasteiger partial charge on any atom is -0.303 e. The molecule has 1 unspecified atom stereocenters. The second-order valence-electron chi connectivity index (χ2n) is 3.47. The largest absolute Gasteiger partial charge is 0.303 e. The Balaban J connectivity index is 4.10. The van der Waals surface area contributed by atoms with Crippen LogP contribution in [0, 0.1) is 22.7 Å². The van der Waals surface area contributed by atoms with Gasteiger partial charge in [0.25, 0.3) is 0 Å². The molecule has 0 aliphatic heterocycles. The van der Waals surface area contributed by atoms with Crippen molar-refractivity contribution in [3.8, 4) is 6.07 Å². The zero-order valence-corrected chi connectivity index (χ0v) is 6.72. The monoisotopic (exact) mass is 139 g/mol. The third kappa shape index (κ3) is 2.63. The fourth-order valence-electron chi connectivity index (χ4n) is 0.657. The van der Waals surface area contributed by atoms with Gasteiger partial charge in [-0.1, -0.05) is 20.8 Å². The second kappa shape index (κ2) is 3.36. The molecule has 0 spiro atoms. The third-order valence-electron chi connectivity index (χ3n) is 1.59. The summed E-state index contributed by atoms with van der Waals surface area (Å²) in [4.78, 5) is 10.4. The molecule has 10 heavy (non-hydrogen) atoms. The molecule has 0 aliphatic carbocycles. The maximum Gasteiger partial charge on any atom is 0.124 e. The Morgan fingerprint density at radius 2 is 2.10 bits per heavy atom. The number of hydrogen-bond acceptors (Lipinski definition) is 2. The summed E-state index contributed by atoms with van der Waals surface area (Å²) in [7, 11) is 0. The van der Waals surface area contributed by atoms with Crippen LogP contribution in [0.3, 0.4) is 0 Å². The topological polar surface area (TPSA) is 40.9 Å². The molecule has 0 aliphatic rings. The molecule has 0 N–H and O–H groups in total. The lowest BCUT2D eigenvalue weighted by atomic mass is 9.80. The first kappa shape index (κ1) is 9.16. The predicted octanol–water partition coefficient (Wildman–Crippen LogP) is 1.76. The van der Waals surface area contributed by atoms with Crippen molar-refractivity contribution < 1.29 is 4.79 Å². The maximum atomic E-state index is 10.4. The molecule has 2 heteroatoms. The molecule has 0 saturated carbocycles. The Kier molecular flexibility index (Phi) is 3.08. The van der Waals surface area contributed by atoms with Gasteiger partial charge < -0.3 is 4.79 Å². The standard InChI is InChI=1S/C8H13NO/c1-8(2,3)7(6-10)4-5-9/h6-7H,4H2,1-3H3. The van der Waals surface area contributed by atoms with E-state index in [-0.39, 0.29) is 11.3 Å². The predicted molar refractivity (Wildman–Crippen MR) is 39.2 cm³/mol. The van der Waals surface area contributed by atoms with E-state index in [2.05, 4.69) is 0 Å². The van der Waals surface area contributed by atoms with Crippen molar-refractivity contribution in [1.82, 2.24) is 0 Å². The van der Waals surface area contributed by atoms with E-state index in [1.165, 1.54) is 0 Å². The van der Waals surface area contributed by atoms with Gasteiger partial charge in [-0.3, -0.25) is 0 Å². The van der Waals surface area contributed by atoms with Gasteiger partial charge in [-0.15, -0.1) is 0 Å². The van der Waals surface area contributed by atoms with Crippen LogP contribution in [0.5, 0.6) is 0 Å². The average Bonchev–Trinajstić information content (AvgIpc) is 1.80. The summed E-state index contributed by atoms with van der Waals surface area (Å²) in [6, 6.07) is 1.99. The van der Waals surface area contributed by atoms with Gasteiger partial charge in [0, 0.05) is 12.3 Å². The fraction of sp³-hybridized carbons (Fsp3) is 0.750. The van der Waals surface area contributed by atoms with Crippen molar-refractivity contribution in [1.29, 1.82) is 5.26 Å². The fourth-order valence-corrected chi connectivity index (χ4v) is 0.657. The SMILES string of the molecule is CC(C)(C)C(C=O)CC#N. The number of hydrogen-bond donors (Lipinski definition) is 0. The molecule has 0 saturated heterocycles. The highest BCUT2D eigenvalue weighted by Crippen LogP contribution is 2.26. The molecular formula is C8H13NO. The van der Waals surface area contributed by atoms with E-state index in [4.69, 9.17) is 5.26 Å². The lowest BCUT2D eigenvalue weighted by Crippen LogP contribution is -2.20. The number of carbonyl (C=O) groups is 1. The first-order valence-corrected chi connectivity index (χ1v) is 3.34. The molecule has 0 radical (unpaired) electrons. The maximum absolute atomic E-state index is 10.4. The van der Waals surface area contributed by atoms with E-state index in [1.807, 2.05) is 26.8 Å². The van der Waals surface area contributed by atoms with Gasteiger partial charge >= 0.3 is 0 Å². The lowest BCUT2D eigenvalue weighted by Gasteiger charge is -2.23. The van der Waals surface area contributed by atoms with E-state index >= 15 is 0 Å². The molecular weight excluding hydrogens is 126 g/mol. The van der Waals surface area contributed by atoms with Crippen LogP contribution in [0.2, 0.25) is 0 Å². The van der Waals surface area contributed by atoms with E-state index in [9.17, 15) is 4.79 Å². The number of nitriles is 1. The quantitative estimate of drug-likeness (QED) is 0.547. The Bertz CT molecular complexity index is 150. The van der Waals surface area contributed by atoms with Crippen LogP contribution in [-0.4, -0.2) is 6.29 Å². The van der Waals surface area contributed by atoms with E-state index < -0.39 is 0 Å². The van der Waals surface area contributed by atoms with Crippen LogP contribution < -0.4 is 0 Å². The van der Waals surface area contributed by atoms with Gasteiger partial charge in [0.1, 0.15) is 6.29 Å². The summed E-state index contributed by atoms with van der Waals surface area (Å²) in [5.41, 5.74) is -0.0719. The van der Waals surface area contributed by atoms with Crippen molar-refractivity contribution in [3.63, 3.8) is 0 Å². The van der Waals surface area contributed by atoms with E-state index in [0.717, 1.165) is 6.29 Å². The molecule has 0 aromatic carbocycles. The van der Waals surface area contributed by atoms with Gasteiger partial charge in [0.2, 0.25) is 0 Å². The first-order chi connectivity index (χ1) is 4.52. The van der Waals surface area contributed by atoms with Crippen molar-refractivity contribution in [3.05, 3.63) is 0 Å². The molecule has 0 aromatic heterocycles. The summed E-state index contributed by atoms with van der Waals surface area (Å²) in [6.45, 7) is 5.89. The third-order valence-corrected chi connectivity index (χ3v) is 1.59. The normalized spacial score (nSPS) is 13.8. The van der Waals surface area contributed by atoms with Gasteiger partial charge in [0.05, 0.1) is 6.07 Å². The van der Waals surface area contributed by atoms with Gasteiger partial charge in [-0.2, -0.15) is 5.26 Å². The van der Waals surface area contributed by atoms with Crippen LogP contribution in [-0.2, 0) is 4.79 Å². The van der Waals surface area contributed by atoms with Crippen LogP contribution in [0.1, 0.15) is 27.2 Å². The minimum atomic E-state index is -0.127. The summed E-state index contributed by atoms with van der Waals surface area (Å²) in [5, 5.41) is 8.32. The molecule has 2 nitrogen and oxygen atoms in total. The highest BCUT2D eigenvalue weighted by atomic mass is 16.1.